The minimum Gasteiger partial charge on any atom is -0.452 e. The molecule has 252 valence electrons. The second-order valence-electron chi connectivity index (χ2n) is 12.0. The number of carbonyl (C=O) groups excluding carboxylic acids is 5. The Bertz CT molecular complexity index is 2220. The summed E-state index contributed by atoms with van der Waals surface area (Å²) in [6, 6.07) is 20.6. The third kappa shape index (κ3) is 6.82. The average Bonchev–Trinajstić information content (AvgIpc) is 3.52. The van der Waals surface area contributed by atoms with Gasteiger partial charge in [0.1, 0.15) is 18.0 Å². The van der Waals surface area contributed by atoms with Crippen LogP contribution < -0.4 is 4.74 Å². The van der Waals surface area contributed by atoms with E-state index in [0.29, 0.717) is 21.9 Å². The molecule has 10 heteroatoms. The first kappa shape index (κ1) is 33.6. The van der Waals surface area contributed by atoms with Crippen LogP contribution in [0.2, 0.25) is 0 Å². The zero-order valence-electron chi connectivity index (χ0n) is 27.6. The highest BCUT2D eigenvalue weighted by Gasteiger charge is 2.35. The van der Waals surface area contributed by atoms with E-state index in [-0.39, 0.29) is 46.8 Å². The van der Waals surface area contributed by atoms with E-state index < -0.39 is 42.1 Å². The van der Waals surface area contributed by atoms with Crippen LogP contribution in [0, 0.1) is 0 Å². The molecule has 50 heavy (non-hydrogen) atoms. The molecule has 2 unspecified atom stereocenters. The van der Waals surface area contributed by atoms with Crippen LogP contribution in [0.1, 0.15) is 59.9 Å². The fourth-order valence-corrected chi connectivity index (χ4v) is 5.57. The van der Waals surface area contributed by atoms with Crippen LogP contribution in [0.3, 0.4) is 0 Å². The molecule has 2 aliphatic heterocycles. The minimum absolute atomic E-state index is 0.105. The minimum atomic E-state index is -0.765. The summed E-state index contributed by atoms with van der Waals surface area (Å²) in [6.45, 7) is 12.6. The fourth-order valence-electron chi connectivity index (χ4n) is 5.57. The first-order chi connectivity index (χ1) is 23.9. The summed E-state index contributed by atoms with van der Waals surface area (Å²) in [7, 11) is 0. The number of esters is 5. The summed E-state index contributed by atoms with van der Waals surface area (Å²) in [5.74, 6) is -3.53. The van der Waals surface area contributed by atoms with Crippen molar-refractivity contribution in [3.8, 4) is 5.75 Å². The molecular weight excluding hydrogens is 640 g/mol. The maximum Gasteiger partial charge on any atom is 0.375 e. The lowest BCUT2D eigenvalue weighted by Crippen LogP contribution is -2.15. The maximum absolute atomic E-state index is 13.0. The summed E-state index contributed by atoms with van der Waals surface area (Å²) in [5, 5.41) is 3.13. The zero-order valence-corrected chi connectivity index (χ0v) is 27.6. The molecule has 0 aromatic heterocycles. The smallest absolute Gasteiger partial charge is 0.375 e. The normalized spacial score (nSPS) is 17.1. The molecule has 2 heterocycles. The highest BCUT2D eigenvalue weighted by atomic mass is 16.6. The van der Waals surface area contributed by atoms with Crippen molar-refractivity contribution < 1.29 is 47.7 Å². The molecule has 0 amide bonds. The Kier molecular flexibility index (Phi) is 9.19. The van der Waals surface area contributed by atoms with Crippen molar-refractivity contribution in [2.75, 3.05) is 0 Å². The van der Waals surface area contributed by atoms with E-state index in [0.717, 1.165) is 16.3 Å². The molecule has 10 nitrogen and oxygen atoms in total. The molecular formula is C40H32O10. The summed E-state index contributed by atoms with van der Waals surface area (Å²) >= 11 is 0. The average molecular weight is 673 g/mol. The molecule has 4 aromatic rings. The van der Waals surface area contributed by atoms with Gasteiger partial charge in [0, 0.05) is 16.7 Å². The van der Waals surface area contributed by atoms with Gasteiger partial charge in [0.15, 0.2) is 0 Å². The molecule has 2 atom stereocenters. The summed E-state index contributed by atoms with van der Waals surface area (Å²) < 4.78 is 26.8. The third-order valence-corrected chi connectivity index (χ3v) is 8.69. The van der Waals surface area contributed by atoms with Gasteiger partial charge in [-0.25, -0.2) is 24.0 Å². The van der Waals surface area contributed by atoms with Crippen LogP contribution in [0.25, 0.3) is 27.6 Å². The molecule has 0 bridgehead atoms. The standard InChI is InChI=1S/C40H32O10/c1-6-25-8-9-26-10-12-30(19-31(26)17-25)38(43)50-35-23(4)33(48-40(35)45)16-7-21(2)36(41)47-32-15-14-27-18-29(13-11-28(27)20-32)37(42)49-34-22(3)24(5)46-39(34)44/h6,8-15,17-20,24,33H,1-2,7,16H2,3-5H3. The van der Waals surface area contributed by atoms with E-state index in [2.05, 4.69) is 13.2 Å². The monoisotopic (exact) mass is 672 g/mol. The van der Waals surface area contributed by atoms with Crippen LogP contribution in [-0.4, -0.2) is 42.1 Å². The van der Waals surface area contributed by atoms with Crippen LogP contribution in [0.5, 0.6) is 5.75 Å². The van der Waals surface area contributed by atoms with Gasteiger partial charge in [-0.3, -0.25) is 0 Å². The highest BCUT2D eigenvalue weighted by molar-refractivity contribution is 6.01. The number of ether oxygens (including phenoxy) is 5. The molecule has 0 saturated carbocycles. The Labute approximate surface area is 287 Å². The topological polar surface area (TPSA) is 132 Å². The van der Waals surface area contributed by atoms with E-state index in [1.54, 1.807) is 81.4 Å². The number of fused-ring (bicyclic) bond motifs is 2. The van der Waals surface area contributed by atoms with Crippen molar-refractivity contribution in [2.45, 2.75) is 45.8 Å². The third-order valence-electron chi connectivity index (χ3n) is 8.69. The number of rotatable bonds is 10. The largest absolute Gasteiger partial charge is 0.452 e. The predicted octanol–water partition coefficient (Wildman–Crippen LogP) is 7.31. The van der Waals surface area contributed by atoms with Gasteiger partial charge in [-0.1, -0.05) is 49.6 Å². The summed E-state index contributed by atoms with van der Waals surface area (Å²) in [5.41, 5.74) is 2.53. The Morgan fingerprint density at radius 2 is 1.30 bits per heavy atom. The quantitative estimate of drug-likeness (QED) is 0.0731. The van der Waals surface area contributed by atoms with Gasteiger partial charge in [-0.15, -0.1) is 0 Å². The van der Waals surface area contributed by atoms with Crippen LogP contribution in [-0.2, 0) is 33.3 Å². The first-order valence-corrected chi connectivity index (χ1v) is 15.8. The van der Waals surface area contributed by atoms with Gasteiger partial charge < -0.3 is 23.7 Å². The summed E-state index contributed by atoms with van der Waals surface area (Å²) in [4.78, 5) is 63.1. The Hall–Kier alpha value is -6.29. The van der Waals surface area contributed by atoms with E-state index >= 15 is 0 Å². The van der Waals surface area contributed by atoms with Crippen LogP contribution in [0.15, 0.2) is 114 Å². The van der Waals surface area contributed by atoms with Crippen LogP contribution in [0.4, 0.5) is 0 Å². The molecule has 2 aliphatic rings. The second kappa shape index (κ2) is 13.7. The first-order valence-electron chi connectivity index (χ1n) is 15.8. The summed E-state index contributed by atoms with van der Waals surface area (Å²) in [6.07, 6.45) is 0.900. The predicted molar refractivity (Wildman–Crippen MR) is 184 cm³/mol. The SMILES string of the molecule is C=Cc1ccc2ccc(C(=O)OC3=C(C)C(CCC(=C)C(=O)Oc4ccc5cc(C(=O)OC6=C(C)C(C)OC6=O)ccc5c4)OC3=O)cc2c1. The van der Waals surface area contributed by atoms with Gasteiger partial charge in [-0.05, 0) is 103 Å². The number of hydrogen-bond donors (Lipinski definition) is 0. The van der Waals surface area contributed by atoms with Crippen molar-refractivity contribution in [1.29, 1.82) is 0 Å². The van der Waals surface area contributed by atoms with Crippen molar-refractivity contribution in [1.82, 2.24) is 0 Å². The lowest BCUT2D eigenvalue weighted by atomic mass is 10.0. The Balaban J connectivity index is 1.04. The lowest BCUT2D eigenvalue weighted by Gasteiger charge is -2.12. The van der Waals surface area contributed by atoms with Gasteiger partial charge in [-0.2, -0.15) is 0 Å². The van der Waals surface area contributed by atoms with E-state index in [1.807, 2.05) is 18.2 Å². The van der Waals surface area contributed by atoms with Gasteiger partial charge in [0.25, 0.3) is 0 Å². The number of hydrogen-bond acceptors (Lipinski definition) is 10. The second-order valence-corrected chi connectivity index (χ2v) is 12.0. The molecule has 0 N–H and O–H groups in total. The van der Waals surface area contributed by atoms with Crippen molar-refractivity contribution in [3.05, 3.63) is 131 Å². The molecule has 4 aromatic carbocycles. The molecule has 0 aliphatic carbocycles. The molecule has 0 saturated heterocycles. The van der Waals surface area contributed by atoms with E-state index in [9.17, 15) is 24.0 Å². The maximum atomic E-state index is 13.0. The lowest BCUT2D eigenvalue weighted by molar-refractivity contribution is -0.142. The highest BCUT2D eigenvalue weighted by Crippen LogP contribution is 2.30. The molecule has 6 rings (SSSR count). The van der Waals surface area contributed by atoms with E-state index in [4.69, 9.17) is 23.7 Å². The van der Waals surface area contributed by atoms with E-state index in [1.165, 1.54) is 0 Å². The number of carbonyl (C=O) groups is 5. The van der Waals surface area contributed by atoms with Gasteiger partial charge >= 0.3 is 29.8 Å². The van der Waals surface area contributed by atoms with Crippen molar-refractivity contribution in [2.24, 2.45) is 0 Å². The Morgan fingerprint density at radius 1 is 0.720 bits per heavy atom. The number of benzene rings is 4. The van der Waals surface area contributed by atoms with Crippen molar-refractivity contribution in [3.63, 3.8) is 0 Å². The molecule has 0 radical (unpaired) electrons. The zero-order chi connectivity index (χ0) is 35.7. The molecule has 0 spiro atoms. The number of cyclic esters (lactones) is 2. The van der Waals surface area contributed by atoms with Crippen molar-refractivity contribution >= 4 is 57.5 Å². The molecule has 0 fully saturated rings. The fraction of sp³-hybridized carbons (Fsp3) is 0.175. The Morgan fingerprint density at radius 3 is 1.96 bits per heavy atom. The van der Waals surface area contributed by atoms with Gasteiger partial charge in [0.2, 0.25) is 11.5 Å². The van der Waals surface area contributed by atoms with Gasteiger partial charge in [0.05, 0.1) is 11.1 Å². The van der Waals surface area contributed by atoms with Crippen LogP contribution >= 0.6 is 0 Å².